The van der Waals surface area contributed by atoms with Crippen LogP contribution in [-0.2, 0) is 14.3 Å². The summed E-state index contributed by atoms with van der Waals surface area (Å²) in [5.41, 5.74) is 3.08. The Balaban J connectivity index is 1.31. The van der Waals surface area contributed by atoms with Crippen molar-refractivity contribution in [2.45, 2.75) is 31.4 Å². The number of hydrogen-bond donors (Lipinski definition) is 1. The molecule has 0 aromatic carbocycles. The van der Waals surface area contributed by atoms with Crippen LogP contribution in [-0.4, -0.2) is 65.3 Å². The first-order valence-electron chi connectivity index (χ1n) is 10.5. The summed E-state index contributed by atoms with van der Waals surface area (Å²) in [5.74, 6) is 0.454. The van der Waals surface area contributed by atoms with Crippen molar-refractivity contribution in [1.82, 2.24) is 9.97 Å². The number of nitrogens with zero attached hydrogens (tertiary/aromatic N) is 5. The van der Waals surface area contributed by atoms with Gasteiger partial charge in [-0.1, -0.05) is 0 Å². The molecule has 0 radical (unpaired) electrons. The zero-order valence-electron chi connectivity index (χ0n) is 17.2. The smallest absolute Gasteiger partial charge is 0.246 e. The lowest BCUT2D eigenvalue weighted by Gasteiger charge is -2.34. The quantitative estimate of drug-likeness (QED) is 0.407. The maximum absolute atomic E-state index is 12.8. The largest absolute Gasteiger partial charge is 0.496 e. The summed E-state index contributed by atoms with van der Waals surface area (Å²) in [6, 6.07) is 1.29. The summed E-state index contributed by atoms with van der Waals surface area (Å²) in [7, 11) is 0. The highest BCUT2D eigenvalue weighted by atomic mass is 32.1. The molecule has 3 atom stereocenters. The van der Waals surface area contributed by atoms with Gasteiger partial charge in [0, 0.05) is 30.9 Å². The van der Waals surface area contributed by atoms with Crippen LogP contribution in [0.15, 0.2) is 28.4 Å². The summed E-state index contributed by atoms with van der Waals surface area (Å²) in [6.45, 7) is 2.78. The van der Waals surface area contributed by atoms with Crippen LogP contribution in [0, 0.1) is 16.0 Å². The average Bonchev–Trinajstić information content (AvgIpc) is 3.29. The molecule has 32 heavy (non-hydrogen) atoms. The number of hydrazone groups is 1. The molecule has 1 N–H and O–H groups in total. The summed E-state index contributed by atoms with van der Waals surface area (Å²) in [5, 5.41) is 18.2. The first-order valence-corrected chi connectivity index (χ1v) is 11.4. The van der Waals surface area contributed by atoms with E-state index >= 15 is 0 Å². The molecule has 0 spiro atoms. The van der Waals surface area contributed by atoms with Gasteiger partial charge in [0.1, 0.15) is 16.8 Å². The van der Waals surface area contributed by atoms with Gasteiger partial charge in [-0.05, 0) is 17.9 Å². The van der Waals surface area contributed by atoms with Crippen LogP contribution >= 0.6 is 11.3 Å². The van der Waals surface area contributed by atoms with Crippen molar-refractivity contribution in [2.75, 3.05) is 36.6 Å². The number of thiophene rings is 1. The third-order valence-electron chi connectivity index (χ3n) is 6.03. The van der Waals surface area contributed by atoms with Crippen LogP contribution in [0.1, 0.15) is 19.3 Å². The SMILES string of the molecule is O=C1C(/C=N/Nc2nc(N3CCOCC3)c3ccsc3n2)=COC2CCC([N+](=O)[O-])CC12. The zero-order valence-corrected chi connectivity index (χ0v) is 18.0. The molecule has 2 aliphatic heterocycles. The summed E-state index contributed by atoms with van der Waals surface area (Å²) >= 11 is 1.52. The second-order valence-electron chi connectivity index (χ2n) is 7.95. The Bertz CT molecular complexity index is 1100. The maximum Gasteiger partial charge on any atom is 0.246 e. The molecular weight excluding hydrogens is 436 g/mol. The van der Waals surface area contributed by atoms with Crippen LogP contribution in [0.3, 0.4) is 0 Å². The number of carbonyl (C=O) groups is 1. The Morgan fingerprint density at radius 2 is 2.16 bits per heavy atom. The number of hydrogen-bond acceptors (Lipinski definition) is 11. The van der Waals surface area contributed by atoms with E-state index in [0.717, 1.165) is 29.1 Å². The summed E-state index contributed by atoms with van der Waals surface area (Å²) in [4.78, 5) is 35.8. The van der Waals surface area contributed by atoms with E-state index in [2.05, 4.69) is 25.4 Å². The number of anilines is 2. The number of nitro groups is 1. The van der Waals surface area contributed by atoms with E-state index in [9.17, 15) is 14.9 Å². The second kappa shape index (κ2) is 8.79. The lowest BCUT2D eigenvalue weighted by atomic mass is 9.78. The van der Waals surface area contributed by atoms with E-state index in [4.69, 9.17) is 9.47 Å². The van der Waals surface area contributed by atoms with Crippen LogP contribution in [0.4, 0.5) is 11.8 Å². The molecule has 1 aliphatic carbocycles. The third kappa shape index (κ3) is 4.02. The summed E-state index contributed by atoms with van der Waals surface area (Å²) in [6.07, 6.45) is 3.57. The molecule has 2 aromatic rings. The monoisotopic (exact) mass is 458 g/mol. The highest BCUT2D eigenvalue weighted by Gasteiger charge is 2.43. The Kier molecular flexibility index (Phi) is 5.70. The highest BCUT2D eigenvalue weighted by molar-refractivity contribution is 7.16. The Hall–Kier alpha value is -3.12. The van der Waals surface area contributed by atoms with Gasteiger partial charge >= 0.3 is 0 Å². The number of ether oxygens (including phenoxy) is 2. The molecule has 2 aromatic heterocycles. The number of morpholine rings is 1. The molecule has 3 unspecified atom stereocenters. The van der Waals surface area contributed by atoms with Gasteiger partial charge < -0.3 is 14.4 Å². The standard InChI is InChI=1S/C20H22N6O5S/c27-17-12(11-31-16-2-1-13(26(28)29)9-15(16)17)10-21-24-20-22-18(25-4-6-30-7-5-25)14-3-8-32-19(14)23-20/h3,8,10-11,13,15-16H,1-2,4-7,9H2,(H,22,23,24)/b21-10+. The Morgan fingerprint density at radius 1 is 1.31 bits per heavy atom. The lowest BCUT2D eigenvalue weighted by molar-refractivity contribution is -0.528. The molecule has 2 fully saturated rings. The van der Waals surface area contributed by atoms with Gasteiger partial charge in [0.15, 0.2) is 5.78 Å². The predicted octanol–water partition coefficient (Wildman–Crippen LogP) is 2.22. The zero-order chi connectivity index (χ0) is 22.1. The number of allylic oxidation sites excluding steroid dienone is 1. The summed E-state index contributed by atoms with van der Waals surface area (Å²) < 4.78 is 11.1. The van der Waals surface area contributed by atoms with Gasteiger partial charge in [-0.15, -0.1) is 11.3 Å². The minimum Gasteiger partial charge on any atom is -0.496 e. The molecule has 3 aliphatic rings. The molecule has 11 nitrogen and oxygen atoms in total. The molecule has 4 heterocycles. The van der Waals surface area contributed by atoms with Crippen LogP contribution in [0.5, 0.6) is 0 Å². The van der Waals surface area contributed by atoms with Crippen molar-refractivity contribution in [1.29, 1.82) is 0 Å². The van der Waals surface area contributed by atoms with Crippen molar-refractivity contribution in [3.63, 3.8) is 0 Å². The van der Waals surface area contributed by atoms with Crippen LogP contribution in [0.2, 0.25) is 0 Å². The van der Waals surface area contributed by atoms with Crippen molar-refractivity contribution >= 4 is 45.3 Å². The first kappa shape index (κ1) is 20.8. The second-order valence-corrected chi connectivity index (χ2v) is 8.84. The number of ketones is 1. The van der Waals surface area contributed by atoms with Gasteiger partial charge in [0.2, 0.25) is 12.0 Å². The third-order valence-corrected chi connectivity index (χ3v) is 6.84. The van der Waals surface area contributed by atoms with Gasteiger partial charge in [-0.3, -0.25) is 14.9 Å². The Labute approximate surface area is 187 Å². The van der Waals surface area contributed by atoms with Crippen molar-refractivity contribution < 1.29 is 19.2 Å². The van der Waals surface area contributed by atoms with Gasteiger partial charge in [0.05, 0.1) is 42.6 Å². The van der Waals surface area contributed by atoms with E-state index in [1.807, 2.05) is 11.4 Å². The number of aromatic nitrogens is 2. The fourth-order valence-corrected chi connectivity index (χ4v) is 5.10. The number of fused-ring (bicyclic) bond motifs is 2. The topological polar surface area (TPSA) is 132 Å². The van der Waals surface area contributed by atoms with Crippen molar-refractivity contribution in [3.05, 3.63) is 33.4 Å². The van der Waals surface area contributed by atoms with Gasteiger partial charge in [-0.2, -0.15) is 10.1 Å². The van der Waals surface area contributed by atoms with Crippen LogP contribution in [0.25, 0.3) is 10.2 Å². The molecule has 168 valence electrons. The first-order chi connectivity index (χ1) is 15.6. The van der Waals surface area contributed by atoms with Gasteiger partial charge in [-0.25, -0.2) is 10.4 Å². The molecule has 12 heteroatoms. The van der Waals surface area contributed by atoms with E-state index in [1.165, 1.54) is 23.8 Å². The molecule has 1 saturated heterocycles. The number of nitrogens with one attached hydrogen (secondary N) is 1. The molecule has 5 rings (SSSR count). The minimum absolute atomic E-state index is 0.179. The maximum atomic E-state index is 12.8. The average molecular weight is 459 g/mol. The molecule has 0 bridgehead atoms. The highest BCUT2D eigenvalue weighted by Crippen LogP contribution is 2.34. The minimum atomic E-state index is -0.706. The number of rotatable bonds is 5. The molecular formula is C20H22N6O5S. The van der Waals surface area contributed by atoms with Crippen LogP contribution < -0.4 is 10.3 Å². The van der Waals surface area contributed by atoms with Crippen molar-refractivity contribution in [2.24, 2.45) is 11.0 Å². The Morgan fingerprint density at radius 3 is 2.97 bits per heavy atom. The molecule has 1 saturated carbocycles. The lowest BCUT2D eigenvalue weighted by Crippen LogP contribution is -2.43. The van der Waals surface area contributed by atoms with E-state index < -0.39 is 12.0 Å². The fraction of sp³-hybridized carbons (Fsp3) is 0.500. The number of Topliss-reactive ketones (excluding diaryl/α,β-unsaturated/α-hetero) is 1. The van der Waals surface area contributed by atoms with E-state index in [1.54, 1.807) is 0 Å². The van der Waals surface area contributed by atoms with Gasteiger partial charge in [0.25, 0.3) is 0 Å². The van der Waals surface area contributed by atoms with E-state index in [-0.39, 0.29) is 28.8 Å². The molecule has 0 amide bonds. The predicted molar refractivity (Wildman–Crippen MR) is 119 cm³/mol. The normalized spacial score (nSPS) is 26.0. The van der Waals surface area contributed by atoms with E-state index in [0.29, 0.717) is 32.0 Å². The fourth-order valence-electron chi connectivity index (χ4n) is 4.34. The number of carbonyl (C=O) groups excluding carboxylic acids is 1. The van der Waals surface area contributed by atoms with Crippen molar-refractivity contribution in [3.8, 4) is 0 Å².